The first kappa shape index (κ1) is 13.6. The molecule has 0 amide bonds. The fraction of sp³-hybridized carbons (Fsp3) is 0.250. The van der Waals surface area contributed by atoms with Crippen LogP contribution in [0.4, 0.5) is 4.39 Å². The standard InChI is InChI=1S/C16H18FNO/c1-12(10-13-6-8-15(17)9-7-13)18-11-14-4-2-3-5-16(14)19/h2-9,12,18-19H,10-11H2,1H3. The first-order valence-corrected chi connectivity index (χ1v) is 6.40. The molecule has 100 valence electrons. The van der Waals surface area contributed by atoms with E-state index in [0.29, 0.717) is 12.3 Å². The SMILES string of the molecule is CC(Cc1ccc(F)cc1)NCc1ccccc1O. The van der Waals surface area contributed by atoms with Crippen LogP contribution in [0.2, 0.25) is 0 Å². The van der Waals surface area contributed by atoms with Crippen molar-refractivity contribution < 1.29 is 9.50 Å². The van der Waals surface area contributed by atoms with Gasteiger partial charge in [-0.1, -0.05) is 30.3 Å². The minimum Gasteiger partial charge on any atom is -0.508 e. The molecule has 0 fully saturated rings. The van der Waals surface area contributed by atoms with E-state index in [-0.39, 0.29) is 11.9 Å². The Morgan fingerprint density at radius 2 is 1.79 bits per heavy atom. The van der Waals surface area contributed by atoms with Crippen molar-refractivity contribution in [2.75, 3.05) is 0 Å². The van der Waals surface area contributed by atoms with Crippen molar-refractivity contribution >= 4 is 0 Å². The van der Waals surface area contributed by atoms with Crippen molar-refractivity contribution in [1.29, 1.82) is 0 Å². The maximum Gasteiger partial charge on any atom is 0.123 e. The topological polar surface area (TPSA) is 32.3 Å². The molecule has 1 unspecified atom stereocenters. The van der Waals surface area contributed by atoms with Gasteiger partial charge in [-0.3, -0.25) is 0 Å². The Hall–Kier alpha value is -1.87. The van der Waals surface area contributed by atoms with Gasteiger partial charge >= 0.3 is 0 Å². The summed E-state index contributed by atoms with van der Waals surface area (Å²) in [5.41, 5.74) is 1.98. The van der Waals surface area contributed by atoms with Crippen molar-refractivity contribution in [3.05, 3.63) is 65.5 Å². The van der Waals surface area contributed by atoms with Gasteiger partial charge in [0.05, 0.1) is 0 Å². The molecule has 2 N–H and O–H groups in total. The van der Waals surface area contributed by atoms with Crippen molar-refractivity contribution in [2.45, 2.75) is 25.9 Å². The molecule has 0 aliphatic carbocycles. The van der Waals surface area contributed by atoms with Gasteiger partial charge in [-0.05, 0) is 37.1 Å². The maximum absolute atomic E-state index is 12.8. The molecule has 0 bridgehead atoms. The van der Waals surface area contributed by atoms with Crippen LogP contribution in [0.25, 0.3) is 0 Å². The van der Waals surface area contributed by atoms with E-state index in [0.717, 1.165) is 17.5 Å². The van der Waals surface area contributed by atoms with Crippen molar-refractivity contribution in [3.63, 3.8) is 0 Å². The number of aromatic hydroxyl groups is 1. The number of rotatable bonds is 5. The molecule has 2 rings (SSSR count). The van der Waals surface area contributed by atoms with Crippen LogP contribution in [0.5, 0.6) is 5.75 Å². The highest BCUT2D eigenvalue weighted by molar-refractivity contribution is 5.31. The van der Waals surface area contributed by atoms with Gasteiger partial charge in [0.25, 0.3) is 0 Å². The molecule has 0 aromatic heterocycles. The molecule has 0 saturated heterocycles. The quantitative estimate of drug-likeness (QED) is 0.864. The van der Waals surface area contributed by atoms with E-state index in [9.17, 15) is 9.50 Å². The van der Waals surface area contributed by atoms with E-state index in [1.807, 2.05) is 12.1 Å². The fourth-order valence-corrected chi connectivity index (χ4v) is 1.99. The van der Waals surface area contributed by atoms with Crippen LogP contribution in [0, 0.1) is 5.82 Å². The summed E-state index contributed by atoms with van der Waals surface area (Å²) in [6.07, 6.45) is 0.827. The molecule has 19 heavy (non-hydrogen) atoms. The molecular weight excluding hydrogens is 241 g/mol. The molecule has 0 aliphatic rings. The van der Waals surface area contributed by atoms with Crippen LogP contribution in [-0.2, 0) is 13.0 Å². The Morgan fingerprint density at radius 3 is 2.47 bits per heavy atom. The summed E-state index contributed by atoms with van der Waals surface area (Å²) in [5.74, 6) is 0.0996. The first-order valence-electron chi connectivity index (χ1n) is 6.40. The zero-order valence-corrected chi connectivity index (χ0v) is 10.9. The lowest BCUT2D eigenvalue weighted by Crippen LogP contribution is -2.27. The van der Waals surface area contributed by atoms with Gasteiger partial charge in [0.1, 0.15) is 11.6 Å². The molecule has 3 heteroatoms. The summed E-state index contributed by atoms with van der Waals surface area (Å²) < 4.78 is 12.8. The normalized spacial score (nSPS) is 12.3. The van der Waals surface area contributed by atoms with E-state index in [2.05, 4.69) is 12.2 Å². The van der Waals surface area contributed by atoms with Gasteiger partial charge < -0.3 is 10.4 Å². The Kier molecular flexibility index (Phi) is 4.53. The molecule has 2 aromatic rings. The van der Waals surface area contributed by atoms with Crippen molar-refractivity contribution in [3.8, 4) is 5.75 Å². The Bertz CT molecular complexity index is 525. The van der Waals surface area contributed by atoms with E-state index < -0.39 is 0 Å². The first-order chi connectivity index (χ1) is 9.15. The number of nitrogens with one attached hydrogen (secondary N) is 1. The number of halogens is 1. The molecule has 0 radical (unpaired) electrons. The minimum absolute atomic E-state index is 0.210. The van der Waals surface area contributed by atoms with Crippen LogP contribution in [0.1, 0.15) is 18.1 Å². The average Bonchev–Trinajstić information content (AvgIpc) is 2.40. The molecule has 0 aliphatic heterocycles. The number of para-hydroxylation sites is 1. The van der Waals surface area contributed by atoms with E-state index in [1.54, 1.807) is 24.3 Å². The number of phenolic OH excluding ortho intramolecular Hbond substituents is 1. The summed E-state index contributed by atoms with van der Waals surface area (Å²) in [5, 5.41) is 13.0. The van der Waals surface area contributed by atoms with Crippen LogP contribution in [0.3, 0.4) is 0 Å². The van der Waals surface area contributed by atoms with Gasteiger partial charge in [-0.15, -0.1) is 0 Å². The van der Waals surface area contributed by atoms with E-state index >= 15 is 0 Å². The second-order valence-electron chi connectivity index (χ2n) is 4.74. The monoisotopic (exact) mass is 259 g/mol. The number of hydrogen-bond donors (Lipinski definition) is 2. The lowest BCUT2D eigenvalue weighted by atomic mass is 10.1. The Morgan fingerprint density at radius 1 is 1.11 bits per heavy atom. The Balaban J connectivity index is 1.86. The molecular formula is C16H18FNO. The second kappa shape index (κ2) is 6.34. The third-order valence-corrected chi connectivity index (χ3v) is 3.09. The third kappa shape index (κ3) is 4.07. The smallest absolute Gasteiger partial charge is 0.123 e. The number of hydrogen-bond acceptors (Lipinski definition) is 2. The predicted molar refractivity (Wildman–Crippen MR) is 74.5 cm³/mol. The van der Waals surface area contributed by atoms with E-state index in [4.69, 9.17) is 0 Å². The van der Waals surface area contributed by atoms with E-state index in [1.165, 1.54) is 12.1 Å². The molecule has 2 nitrogen and oxygen atoms in total. The average molecular weight is 259 g/mol. The Labute approximate surface area is 112 Å². The zero-order valence-electron chi connectivity index (χ0n) is 10.9. The van der Waals surface area contributed by atoms with Gasteiger partial charge in [-0.2, -0.15) is 0 Å². The molecule has 1 atom stereocenters. The second-order valence-corrected chi connectivity index (χ2v) is 4.74. The minimum atomic E-state index is -0.210. The lowest BCUT2D eigenvalue weighted by Gasteiger charge is -2.14. The van der Waals surface area contributed by atoms with Crippen LogP contribution in [-0.4, -0.2) is 11.1 Å². The summed E-state index contributed by atoms with van der Waals surface area (Å²) >= 11 is 0. The number of benzene rings is 2. The van der Waals surface area contributed by atoms with Crippen LogP contribution in [0.15, 0.2) is 48.5 Å². The molecule has 0 spiro atoms. The van der Waals surface area contributed by atoms with Gasteiger partial charge in [0, 0.05) is 18.2 Å². The van der Waals surface area contributed by atoms with Crippen molar-refractivity contribution in [2.24, 2.45) is 0 Å². The van der Waals surface area contributed by atoms with Crippen molar-refractivity contribution in [1.82, 2.24) is 5.32 Å². The third-order valence-electron chi connectivity index (χ3n) is 3.09. The zero-order chi connectivity index (χ0) is 13.7. The number of phenols is 1. The summed E-state index contributed by atoms with van der Waals surface area (Å²) in [7, 11) is 0. The van der Waals surface area contributed by atoms with Gasteiger partial charge in [-0.25, -0.2) is 4.39 Å². The predicted octanol–water partition coefficient (Wildman–Crippen LogP) is 3.25. The summed E-state index contributed by atoms with van der Waals surface area (Å²) in [6.45, 7) is 2.69. The molecule has 0 saturated carbocycles. The van der Waals surface area contributed by atoms with Gasteiger partial charge in [0.15, 0.2) is 0 Å². The fourth-order valence-electron chi connectivity index (χ4n) is 1.99. The largest absolute Gasteiger partial charge is 0.508 e. The highest BCUT2D eigenvalue weighted by atomic mass is 19.1. The highest BCUT2D eigenvalue weighted by Crippen LogP contribution is 2.15. The van der Waals surface area contributed by atoms with Crippen LogP contribution < -0.4 is 5.32 Å². The molecule has 0 heterocycles. The van der Waals surface area contributed by atoms with Gasteiger partial charge in [0.2, 0.25) is 0 Å². The highest BCUT2D eigenvalue weighted by Gasteiger charge is 2.05. The maximum atomic E-state index is 12.8. The van der Waals surface area contributed by atoms with Crippen LogP contribution >= 0.6 is 0 Å². The molecule has 2 aromatic carbocycles. The lowest BCUT2D eigenvalue weighted by molar-refractivity contribution is 0.458. The summed E-state index contributed by atoms with van der Waals surface area (Å²) in [6, 6.07) is 14.1. The summed E-state index contributed by atoms with van der Waals surface area (Å²) in [4.78, 5) is 0.